The smallest absolute Gasteiger partial charge is 0.358 e. The molecule has 0 amide bonds. The van der Waals surface area contributed by atoms with Gasteiger partial charge in [0.1, 0.15) is 6.54 Å². The van der Waals surface area contributed by atoms with E-state index in [1.165, 1.54) is 10.9 Å². The Morgan fingerprint density at radius 2 is 2.33 bits per heavy atom. The lowest BCUT2D eigenvalue weighted by Gasteiger charge is -1.96. The zero-order chi connectivity index (χ0) is 13.1. The Labute approximate surface area is 103 Å². The van der Waals surface area contributed by atoms with Gasteiger partial charge in [-0.1, -0.05) is 24.2 Å². The van der Waals surface area contributed by atoms with E-state index in [1.54, 1.807) is 0 Å². The highest BCUT2D eigenvalue weighted by atomic mass is 16.5. The maximum atomic E-state index is 10.6. The van der Waals surface area contributed by atoms with E-state index in [2.05, 4.69) is 34.3 Å². The van der Waals surface area contributed by atoms with Crippen molar-refractivity contribution in [2.45, 2.75) is 26.8 Å². The summed E-state index contributed by atoms with van der Waals surface area (Å²) in [5.74, 6) is 0.337. The molecule has 2 rings (SSSR count). The van der Waals surface area contributed by atoms with Crippen LogP contribution >= 0.6 is 0 Å². The molecule has 0 aromatic carbocycles. The molecule has 0 bridgehead atoms. The number of carbonyl (C=O) groups is 1. The summed E-state index contributed by atoms with van der Waals surface area (Å²) in [6, 6.07) is 0. The SMILES string of the molecule is CC(C)Cc1nc(Cn2cc(C(=O)O)nn2)no1. The molecular formula is C10H13N5O3. The summed E-state index contributed by atoms with van der Waals surface area (Å²) < 4.78 is 6.42. The largest absolute Gasteiger partial charge is 0.476 e. The van der Waals surface area contributed by atoms with Gasteiger partial charge in [-0.2, -0.15) is 4.98 Å². The summed E-state index contributed by atoms with van der Waals surface area (Å²) in [5, 5.41) is 19.7. The Morgan fingerprint density at radius 1 is 1.56 bits per heavy atom. The third-order valence-electron chi connectivity index (χ3n) is 2.15. The summed E-state index contributed by atoms with van der Waals surface area (Å²) in [4.78, 5) is 14.8. The van der Waals surface area contributed by atoms with Gasteiger partial charge in [0.05, 0.1) is 6.20 Å². The summed E-state index contributed by atoms with van der Waals surface area (Å²) in [6.07, 6.45) is 2.03. The number of hydrogen-bond donors (Lipinski definition) is 1. The lowest BCUT2D eigenvalue weighted by Crippen LogP contribution is -2.03. The van der Waals surface area contributed by atoms with Crippen LogP contribution in [-0.2, 0) is 13.0 Å². The molecule has 18 heavy (non-hydrogen) atoms. The van der Waals surface area contributed by atoms with Crippen molar-refractivity contribution in [1.82, 2.24) is 25.1 Å². The third kappa shape index (κ3) is 2.90. The molecule has 1 N–H and O–H groups in total. The van der Waals surface area contributed by atoms with Crippen LogP contribution in [0.3, 0.4) is 0 Å². The molecule has 0 atom stereocenters. The molecule has 96 valence electrons. The highest BCUT2D eigenvalue weighted by Crippen LogP contribution is 2.06. The van der Waals surface area contributed by atoms with Crippen molar-refractivity contribution in [1.29, 1.82) is 0 Å². The summed E-state index contributed by atoms with van der Waals surface area (Å²) in [5.41, 5.74) is -0.110. The quantitative estimate of drug-likeness (QED) is 0.829. The van der Waals surface area contributed by atoms with E-state index in [1.807, 2.05) is 0 Å². The molecule has 0 aliphatic carbocycles. The minimum atomic E-state index is -1.12. The number of rotatable bonds is 5. The number of carboxylic acids is 1. The number of aromatic nitrogens is 5. The highest BCUT2D eigenvalue weighted by molar-refractivity contribution is 5.84. The highest BCUT2D eigenvalue weighted by Gasteiger charge is 2.12. The Morgan fingerprint density at radius 3 is 2.94 bits per heavy atom. The van der Waals surface area contributed by atoms with Crippen LogP contribution in [0.5, 0.6) is 0 Å². The van der Waals surface area contributed by atoms with E-state index in [9.17, 15) is 4.79 Å². The van der Waals surface area contributed by atoms with E-state index in [0.29, 0.717) is 24.1 Å². The van der Waals surface area contributed by atoms with Crippen LogP contribution in [0.1, 0.15) is 36.1 Å². The van der Waals surface area contributed by atoms with Crippen molar-refractivity contribution in [3.8, 4) is 0 Å². The fourth-order valence-electron chi connectivity index (χ4n) is 1.41. The minimum Gasteiger partial charge on any atom is -0.476 e. The molecule has 0 saturated carbocycles. The molecule has 8 nitrogen and oxygen atoms in total. The summed E-state index contributed by atoms with van der Waals surface area (Å²) in [7, 11) is 0. The first kappa shape index (κ1) is 12.2. The molecule has 0 aliphatic rings. The van der Waals surface area contributed by atoms with Crippen LogP contribution in [0.2, 0.25) is 0 Å². The van der Waals surface area contributed by atoms with Crippen LogP contribution in [0.4, 0.5) is 0 Å². The molecule has 0 unspecified atom stereocenters. The average Bonchev–Trinajstić information content (AvgIpc) is 2.88. The van der Waals surface area contributed by atoms with E-state index in [-0.39, 0.29) is 12.2 Å². The fraction of sp³-hybridized carbons (Fsp3) is 0.500. The van der Waals surface area contributed by atoms with Crippen molar-refractivity contribution < 1.29 is 14.4 Å². The molecule has 0 radical (unpaired) electrons. The van der Waals surface area contributed by atoms with Gasteiger partial charge in [0, 0.05) is 6.42 Å². The Kier molecular flexibility index (Phi) is 3.35. The molecule has 0 saturated heterocycles. The van der Waals surface area contributed by atoms with E-state index in [0.717, 1.165) is 0 Å². The molecule has 8 heteroatoms. The van der Waals surface area contributed by atoms with Crippen molar-refractivity contribution in [3.63, 3.8) is 0 Å². The van der Waals surface area contributed by atoms with Gasteiger partial charge >= 0.3 is 5.97 Å². The standard InChI is InChI=1S/C10H13N5O3/c1-6(2)3-9-11-8(13-18-9)5-15-4-7(10(16)17)12-14-15/h4,6H,3,5H2,1-2H3,(H,16,17). The minimum absolute atomic E-state index is 0.110. The van der Waals surface area contributed by atoms with Gasteiger partial charge in [-0.25, -0.2) is 9.48 Å². The van der Waals surface area contributed by atoms with Gasteiger partial charge in [0.15, 0.2) is 11.5 Å². The lowest BCUT2D eigenvalue weighted by molar-refractivity contribution is 0.0690. The summed E-state index contributed by atoms with van der Waals surface area (Å²) in [6.45, 7) is 4.35. The molecule has 0 fully saturated rings. The topological polar surface area (TPSA) is 107 Å². The number of aromatic carboxylic acids is 1. The zero-order valence-corrected chi connectivity index (χ0v) is 10.1. The van der Waals surface area contributed by atoms with Crippen molar-refractivity contribution >= 4 is 5.97 Å². The molecule has 2 heterocycles. The first-order valence-electron chi connectivity index (χ1n) is 5.49. The number of nitrogens with zero attached hydrogens (tertiary/aromatic N) is 5. The number of hydrogen-bond acceptors (Lipinski definition) is 6. The third-order valence-corrected chi connectivity index (χ3v) is 2.15. The zero-order valence-electron chi connectivity index (χ0n) is 10.1. The normalized spacial score (nSPS) is 11.1. The molecular weight excluding hydrogens is 238 g/mol. The van der Waals surface area contributed by atoms with Gasteiger partial charge in [-0.05, 0) is 5.92 Å². The molecule has 2 aromatic heterocycles. The van der Waals surface area contributed by atoms with Gasteiger partial charge in [0.25, 0.3) is 0 Å². The predicted molar refractivity (Wildman–Crippen MR) is 58.9 cm³/mol. The molecule has 0 spiro atoms. The second-order valence-corrected chi connectivity index (χ2v) is 4.31. The van der Waals surface area contributed by atoms with Gasteiger partial charge < -0.3 is 9.63 Å². The second-order valence-electron chi connectivity index (χ2n) is 4.31. The Balaban J connectivity index is 2.04. The van der Waals surface area contributed by atoms with Gasteiger partial charge in [-0.15, -0.1) is 5.10 Å². The number of carboxylic acid groups (broad SMARTS) is 1. The van der Waals surface area contributed by atoms with Crippen molar-refractivity contribution in [3.05, 3.63) is 23.6 Å². The predicted octanol–water partition coefficient (Wildman–Crippen LogP) is 0.606. The molecule has 2 aromatic rings. The van der Waals surface area contributed by atoms with E-state index >= 15 is 0 Å². The summed E-state index contributed by atoms with van der Waals surface area (Å²) >= 11 is 0. The first-order chi connectivity index (χ1) is 8.54. The van der Waals surface area contributed by atoms with Crippen LogP contribution in [-0.4, -0.2) is 36.2 Å². The molecule has 0 aliphatic heterocycles. The van der Waals surface area contributed by atoms with Crippen molar-refractivity contribution in [2.24, 2.45) is 5.92 Å². The lowest BCUT2D eigenvalue weighted by atomic mass is 10.1. The van der Waals surface area contributed by atoms with Crippen LogP contribution < -0.4 is 0 Å². The monoisotopic (exact) mass is 251 g/mol. The van der Waals surface area contributed by atoms with Crippen LogP contribution in [0, 0.1) is 5.92 Å². The maximum Gasteiger partial charge on any atom is 0.358 e. The average molecular weight is 251 g/mol. The van der Waals surface area contributed by atoms with Gasteiger partial charge in [0.2, 0.25) is 5.89 Å². The first-order valence-corrected chi connectivity index (χ1v) is 5.49. The van der Waals surface area contributed by atoms with Crippen LogP contribution in [0.25, 0.3) is 0 Å². The second kappa shape index (κ2) is 4.94. The fourth-order valence-corrected chi connectivity index (χ4v) is 1.41. The van der Waals surface area contributed by atoms with E-state index < -0.39 is 5.97 Å². The Bertz CT molecular complexity index is 545. The van der Waals surface area contributed by atoms with E-state index in [4.69, 9.17) is 9.63 Å². The maximum absolute atomic E-state index is 10.6. The van der Waals surface area contributed by atoms with Gasteiger partial charge in [-0.3, -0.25) is 0 Å². The Hall–Kier alpha value is -2.25. The van der Waals surface area contributed by atoms with Crippen LogP contribution in [0.15, 0.2) is 10.7 Å². The van der Waals surface area contributed by atoms with Crippen molar-refractivity contribution in [2.75, 3.05) is 0 Å².